The van der Waals surface area contributed by atoms with Crippen molar-refractivity contribution in [1.82, 2.24) is 14.9 Å². The minimum absolute atomic E-state index is 0.137. The van der Waals surface area contributed by atoms with Gasteiger partial charge in [0.05, 0.1) is 13.4 Å². The monoisotopic (exact) mass is 378 g/mol. The summed E-state index contributed by atoms with van der Waals surface area (Å²) in [4.78, 5) is 16.5. The van der Waals surface area contributed by atoms with Crippen molar-refractivity contribution in [1.29, 1.82) is 0 Å². The van der Waals surface area contributed by atoms with E-state index in [0.29, 0.717) is 11.5 Å². The molecule has 3 aromatic rings. The van der Waals surface area contributed by atoms with E-state index >= 15 is 0 Å². The molecule has 6 nitrogen and oxygen atoms in total. The quantitative estimate of drug-likeness (QED) is 0.597. The zero-order chi connectivity index (χ0) is 19.8. The summed E-state index contributed by atoms with van der Waals surface area (Å²) < 4.78 is 7.21. The maximum Gasteiger partial charge on any atom is 0.255 e. The third kappa shape index (κ3) is 5.69. The van der Waals surface area contributed by atoms with Gasteiger partial charge >= 0.3 is 0 Å². The highest BCUT2D eigenvalue weighted by molar-refractivity contribution is 6.04. The van der Waals surface area contributed by atoms with E-state index in [2.05, 4.69) is 33.2 Å². The predicted octanol–water partition coefficient (Wildman–Crippen LogP) is 3.57. The Kier molecular flexibility index (Phi) is 6.81. The number of carbonyl (C=O) groups excluding carboxylic acids is 1. The molecule has 0 fully saturated rings. The van der Waals surface area contributed by atoms with E-state index in [1.807, 2.05) is 30.7 Å². The van der Waals surface area contributed by atoms with Crippen molar-refractivity contribution in [3.05, 3.63) is 78.4 Å². The number of benzene rings is 2. The van der Waals surface area contributed by atoms with E-state index in [1.54, 1.807) is 37.6 Å². The van der Waals surface area contributed by atoms with E-state index in [0.717, 1.165) is 36.6 Å². The summed E-state index contributed by atoms with van der Waals surface area (Å²) in [6.07, 6.45) is 5.61. The second-order valence-electron chi connectivity index (χ2n) is 6.88. The molecule has 0 radical (unpaired) electrons. The van der Waals surface area contributed by atoms with Gasteiger partial charge in [0.15, 0.2) is 0 Å². The molecule has 1 unspecified atom stereocenters. The van der Waals surface area contributed by atoms with E-state index in [9.17, 15) is 4.79 Å². The first-order chi connectivity index (χ1) is 13.6. The van der Waals surface area contributed by atoms with Crippen molar-refractivity contribution >= 4 is 11.6 Å². The first-order valence-corrected chi connectivity index (χ1v) is 9.35. The number of methoxy groups -OCH3 is 1. The van der Waals surface area contributed by atoms with Crippen molar-refractivity contribution in [2.24, 2.45) is 5.92 Å². The van der Waals surface area contributed by atoms with Crippen LogP contribution in [0.1, 0.15) is 22.8 Å². The standard InChI is InChI=1S/C22H26N4O2/c1-17(15-26-11-10-23-16-26)13-24-14-18-4-3-5-20(12-18)25-22(27)19-6-8-21(28-2)9-7-19/h3-12,16-17,24H,13-15H2,1-2H3,(H,25,27). The van der Waals surface area contributed by atoms with E-state index in [1.165, 1.54) is 0 Å². The molecule has 0 saturated carbocycles. The molecule has 2 aromatic carbocycles. The van der Waals surface area contributed by atoms with E-state index in [-0.39, 0.29) is 5.91 Å². The number of carbonyl (C=O) groups is 1. The highest BCUT2D eigenvalue weighted by atomic mass is 16.5. The third-order valence-electron chi connectivity index (χ3n) is 4.44. The smallest absolute Gasteiger partial charge is 0.255 e. The summed E-state index contributed by atoms with van der Waals surface area (Å²) in [7, 11) is 1.60. The molecule has 0 aliphatic rings. The van der Waals surface area contributed by atoms with Crippen LogP contribution in [-0.2, 0) is 13.1 Å². The van der Waals surface area contributed by atoms with Gasteiger partial charge in [0.2, 0.25) is 0 Å². The van der Waals surface area contributed by atoms with Gasteiger partial charge in [-0.25, -0.2) is 4.98 Å². The Balaban J connectivity index is 1.49. The summed E-state index contributed by atoms with van der Waals surface area (Å²) in [5.41, 5.74) is 2.51. The molecule has 2 N–H and O–H groups in total. The van der Waals surface area contributed by atoms with Gasteiger partial charge in [0, 0.05) is 36.7 Å². The van der Waals surface area contributed by atoms with Crippen LogP contribution in [0.25, 0.3) is 0 Å². The lowest BCUT2D eigenvalue weighted by Gasteiger charge is -2.14. The molecule has 0 aliphatic carbocycles. The molecule has 28 heavy (non-hydrogen) atoms. The number of imidazole rings is 1. The van der Waals surface area contributed by atoms with Gasteiger partial charge in [-0.3, -0.25) is 4.79 Å². The Hall–Kier alpha value is -3.12. The Bertz CT molecular complexity index is 876. The van der Waals surface area contributed by atoms with Crippen molar-refractivity contribution in [2.45, 2.75) is 20.0 Å². The lowest BCUT2D eigenvalue weighted by Crippen LogP contribution is -2.23. The van der Waals surface area contributed by atoms with Gasteiger partial charge in [-0.2, -0.15) is 0 Å². The molecule has 1 heterocycles. The van der Waals surface area contributed by atoms with E-state index < -0.39 is 0 Å². The summed E-state index contributed by atoms with van der Waals surface area (Å²) >= 11 is 0. The van der Waals surface area contributed by atoms with Crippen LogP contribution in [0.2, 0.25) is 0 Å². The maximum atomic E-state index is 12.4. The number of ether oxygens (including phenoxy) is 1. The van der Waals surface area contributed by atoms with Crippen molar-refractivity contribution in [3.63, 3.8) is 0 Å². The molecular weight excluding hydrogens is 352 g/mol. The SMILES string of the molecule is COc1ccc(C(=O)Nc2cccc(CNCC(C)Cn3ccnc3)c2)cc1. The van der Waals surface area contributed by atoms with Crippen LogP contribution in [0.4, 0.5) is 5.69 Å². The Morgan fingerprint density at radius 1 is 1.21 bits per heavy atom. The van der Waals surface area contributed by atoms with Crippen LogP contribution in [0.5, 0.6) is 5.75 Å². The molecule has 6 heteroatoms. The van der Waals surface area contributed by atoms with Crippen LogP contribution >= 0.6 is 0 Å². The summed E-state index contributed by atoms with van der Waals surface area (Å²) in [5.74, 6) is 1.08. The molecule has 0 spiro atoms. The fourth-order valence-electron chi connectivity index (χ4n) is 2.99. The van der Waals surface area contributed by atoms with E-state index in [4.69, 9.17) is 4.74 Å². The fraction of sp³-hybridized carbons (Fsp3) is 0.273. The zero-order valence-electron chi connectivity index (χ0n) is 16.3. The van der Waals surface area contributed by atoms with Gasteiger partial charge in [0.25, 0.3) is 5.91 Å². The average molecular weight is 378 g/mol. The van der Waals surface area contributed by atoms with Crippen molar-refractivity contribution in [3.8, 4) is 5.75 Å². The van der Waals surface area contributed by atoms with Gasteiger partial charge < -0.3 is 19.9 Å². The molecule has 0 bridgehead atoms. The highest BCUT2D eigenvalue weighted by Gasteiger charge is 2.07. The average Bonchev–Trinajstić information content (AvgIpc) is 3.21. The molecule has 146 valence electrons. The van der Waals surface area contributed by atoms with Gasteiger partial charge in [-0.05, 0) is 54.4 Å². The van der Waals surface area contributed by atoms with Crippen LogP contribution in [0.15, 0.2) is 67.3 Å². The molecule has 1 atom stereocenters. The first-order valence-electron chi connectivity index (χ1n) is 9.35. The number of nitrogens with one attached hydrogen (secondary N) is 2. The second-order valence-corrected chi connectivity index (χ2v) is 6.88. The fourth-order valence-corrected chi connectivity index (χ4v) is 2.99. The minimum atomic E-state index is -0.137. The van der Waals surface area contributed by atoms with Crippen LogP contribution < -0.4 is 15.4 Å². The Labute approximate surface area is 165 Å². The minimum Gasteiger partial charge on any atom is -0.497 e. The lowest BCUT2D eigenvalue weighted by molar-refractivity contribution is 0.102. The van der Waals surface area contributed by atoms with Crippen LogP contribution in [0.3, 0.4) is 0 Å². The lowest BCUT2D eigenvalue weighted by atomic mass is 10.1. The summed E-state index contributed by atoms with van der Waals surface area (Å²) in [6.45, 7) is 4.80. The number of hydrogen-bond acceptors (Lipinski definition) is 4. The largest absolute Gasteiger partial charge is 0.497 e. The van der Waals surface area contributed by atoms with Crippen LogP contribution in [0, 0.1) is 5.92 Å². The molecule has 0 aliphatic heterocycles. The van der Waals surface area contributed by atoms with Gasteiger partial charge in [-0.15, -0.1) is 0 Å². The number of amides is 1. The summed E-state index contributed by atoms with van der Waals surface area (Å²) in [5, 5.41) is 6.43. The van der Waals surface area contributed by atoms with Gasteiger partial charge in [-0.1, -0.05) is 19.1 Å². The summed E-state index contributed by atoms with van der Waals surface area (Å²) in [6, 6.07) is 15.0. The van der Waals surface area contributed by atoms with Crippen molar-refractivity contribution in [2.75, 3.05) is 19.0 Å². The molecule has 3 rings (SSSR count). The Morgan fingerprint density at radius 2 is 2.04 bits per heavy atom. The third-order valence-corrected chi connectivity index (χ3v) is 4.44. The number of aromatic nitrogens is 2. The Morgan fingerprint density at radius 3 is 2.75 bits per heavy atom. The predicted molar refractivity (Wildman–Crippen MR) is 110 cm³/mol. The molecular formula is C22H26N4O2. The molecule has 1 amide bonds. The topological polar surface area (TPSA) is 68.2 Å². The molecule has 0 saturated heterocycles. The normalized spacial score (nSPS) is 11.8. The molecule has 1 aromatic heterocycles. The number of hydrogen-bond donors (Lipinski definition) is 2. The van der Waals surface area contributed by atoms with Crippen LogP contribution in [-0.4, -0.2) is 29.1 Å². The number of anilines is 1. The number of rotatable bonds is 9. The highest BCUT2D eigenvalue weighted by Crippen LogP contribution is 2.15. The van der Waals surface area contributed by atoms with Gasteiger partial charge in [0.1, 0.15) is 5.75 Å². The number of nitrogens with zero attached hydrogens (tertiary/aromatic N) is 2. The second kappa shape index (κ2) is 9.71. The van der Waals surface area contributed by atoms with Crippen molar-refractivity contribution < 1.29 is 9.53 Å². The first kappa shape index (κ1) is 19.6. The maximum absolute atomic E-state index is 12.4. The zero-order valence-corrected chi connectivity index (χ0v) is 16.3.